The molecule has 4 heteroatoms. The number of hydrogen-bond donors (Lipinski definition) is 3. The molecule has 3 N–H and O–H groups in total. The van der Waals surface area contributed by atoms with Crippen LogP contribution in [-0.4, -0.2) is 15.3 Å². The number of hydrogen-bond acceptors (Lipinski definition) is 3. The molecule has 3 nitrogen and oxygen atoms in total. The number of rotatable bonds is 3. The Kier molecular flexibility index (Phi) is 3.99. The van der Waals surface area contributed by atoms with Gasteiger partial charge in [-0.25, -0.2) is 0 Å². The van der Waals surface area contributed by atoms with E-state index in [9.17, 15) is 15.3 Å². The van der Waals surface area contributed by atoms with Crippen LogP contribution < -0.4 is 15.9 Å². The van der Waals surface area contributed by atoms with Crippen LogP contribution in [-0.2, 0) is 0 Å². The van der Waals surface area contributed by atoms with E-state index < -0.39 is 7.92 Å². The lowest BCUT2D eigenvalue weighted by Gasteiger charge is -2.19. The van der Waals surface area contributed by atoms with Gasteiger partial charge in [-0.2, -0.15) is 0 Å². The highest BCUT2D eigenvalue weighted by Crippen LogP contribution is 2.35. The van der Waals surface area contributed by atoms with Gasteiger partial charge < -0.3 is 15.3 Å². The zero-order valence-electron chi connectivity index (χ0n) is 11.7. The standard InChI is InChI=1S/C18H15O3P/c19-13-4-1-7-16(10-13)22(17-8-2-5-14(20)11-17)18-9-3-6-15(21)12-18/h1-12,19-21H. The molecule has 110 valence electrons. The summed E-state index contributed by atoms with van der Waals surface area (Å²) in [6.07, 6.45) is 0. The normalized spacial score (nSPS) is 10.8. The summed E-state index contributed by atoms with van der Waals surface area (Å²) >= 11 is 0. The van der Waals surface area contributed by atoms with E-state index in [0.717, 1.165) is 15.9 Å². The van der Waals surface area contributed by atoms with Crippen LogP contribution in [0.5, 0.6) is 17.2 Å². The second-order valence-corrected chi connectivity index (χ2v) is 7.11. The highest BCUT2D eigenvalue weighted by atomic mass is 31.1. The second-order valence-electron chi connectivity index (χ2n) is 4.89. The Bertz CT molecular complexity index is 693. The Morgan fingerprint density at radius 1 is 0.500 bits per heavy atom. The minimum absolute atomic E-state index is 0.199. The molecule has 3 rings (SSSR count). The minimum Gasteiger partial charge on any atom is -0.508 e. The summed E-state index contributed by atoms with van der Waals surface area (Å²) in [5.74, 6) is 0.598. The molecule has 22 heavy (non-hydrogen) atoms. The van der Waals surface area contributed by atoms with Gasteiger partial charge in [0.05, 0.1) is 0 Å². The summed E-state index contributed by atoms with van der Waals surface area (Å²) in [6, 6.07) is 21.3. The average Bonchev–Trinajstić information content (AvgIpc) is 2.48. The molecule has 0 aliphatic heterocycles. The predicted octanol–water partition coefficient (Wildman–Crippen LogP) is 2.56. The molecule has 0 saturated heterocycles. The Hall–Kier alpha value is -2.51. The SMILES string of the molecule is Oc1cccc(P(c2cccc(O)c2)c2cccc(O)c2)c1. The lowest BCUT2D eigenvalue weighted by molar-refractivity contribution is 0.475. The monoisotopic (exact) mass is 310 g/mol. The summed E-state index contributed by atoms with van der Waals surface area (Å²) in [4.78, 5) is 0. The summed E-state index contributed by atoms with van der Waals surface area (Å²) in [6.45, 7) is 0. The number of phenols is 3. The molecule has 3 aromatic carbocycles. The third-order valence-electron chi connectivity index (χ3n) is 3.26. The van der Waals surface area contributed by atoms with Crippen molar-refractivity contribution in [1.29, 1.82) is 0 Å². The first kappa shape index (κ1) is 14.4. The fourth-order valence-electron chi connectivity index (χ4n) is 2.34. The maximum Gasteiger partial charge on any atom is 0.116 e. The van der Waals surface area contributed by atoms with Crippen molar-refractivity contribution in [3.63, 3.8) is 0 Å². The summed E-state index contributed by atoms with van der Waals surface area (Å²) < 4.78 is 0. The van der Waals surface area contributed by atoms with Gasteiger partial charge in [0.25, 0.3) is 0 Å². The molecule has 0 aromatic heterocycles. The van der Waals surface area contributed by atoms with E-state index in [-0.39, 0.29) is 17.2 Å². The Morgan fingerprint density at radius 2 is 0.818 bits per heavy atom. The van der Waals surface area contributed by atoms with Crippen molar-refractivity contribution in [2.24, 2.45) is 0 Å². The fraction of sp³-hybridized carbons (Fsp3) is 0. The van der Waals surface area contributed by atoms with Crippen LogP contribution in [0.3, 0.4) is 0 Å². The van der Waals surface area contributed by atoms with Gasteiger partial charge in [0.2, 0.25) is 0 Å². The Labute approximate surface area is 129 Å². The molecule has 0 heterocycles. The van der Waals surface area contributed by atoms with Crippen LogP contribution >= 0.6 is 7.92 Å². The topological polar surface area (TPSA) is 60.7 Å². The lowest BCUT2D eigenvalue weighted by atomic mass is 10.3. The molecule has 3 aromatic rings. The molecule has 0 atom stereocenters. The molecule has 0 aliphatic carbocycles. The van der Waals surface area contributed by atoms with E-state index in [1.807, 2.05) is 18.2 Å². The van der Waals surface area contributed by atoms with Crippen LogP contribution in [0.4, 0.5) is 0 Å². The van der Waals surface area contributed by atoms with E-state index in [1.54, 1.807) is 54.6 Å². The molecule has 0 spiro atoms. The van der Waals surface area contributed by atoms with Crippen molar-refractivity contribution in [3.05, 3.63) is 72.8 Å². The minimum atomic E-state index is -0.975. The van der Waals surface area contributed by atoms with Crippen LogP contribution in [0.25, 0.3) is 0 Å². The summed E-state index contributed by atoms with van der Waals surface area (Å²) in [5, 5.41) is 32.2. The number of phenolic OH excluding ortho intramolecular Hbond substituents is 3. The summed E-state index contributed by atoms with van der Waals surface area (Å²) in [5.41, 5.74) is 0. The first-order chi connectivity index (χ1) is 10.6. The first-order valence-electron chi connectivity index (χ1n) is 6.81. The van der Waals surface area contributed by atoms with Crippen molar-refractivity contribution >= 4 is 23.8 Å². The molecule has 0 saturated carbocycles. The Balaban J connectivity index is 2.18. The van der Waals surface area contributed by atoms with E-state index in [1.165, 1.54) is 0 Å². The molecule has 0 fully saturated rings. The quantitative estimate of drug-likeness (QED) is 0.652. The largest absolute Gasteiger partial charge is 0.508 e. The van der Waals surface area contributed by atoms with E-state index in [0.29, 0.717) is 0 Å². The fourth-order valence-corrected chi connectivity index (χ4v) is 4.73. The second kappa shape index (κ2) is 6.08. The van der Waals surface area contributed by atoms with Crippen LogP contribution in [0.2, 0.25) is 0 Å². The number of benzene rings is 3. The van der Waals surface area contributed by atoms with Crippen molar-refractivity contribution in [1.82, 2.24) is 0 Å². The van der Waals surface area contributed by atoms with Crippen molar-refractivity contribution in [2.45, 2.75) is 0 Å². The predicted molar refractivity (Wildman–Crippen MR) is 90.1 cm³/mol. The lowest BCUT2D eigenvalue weighted by Crippen LogP contribution is -2.20. The highest BCUT2D eigenvalue weighted by molar-refractivity contribution is 7.79. The van der Waals surface area contributed by atoms with Gasteiger partial charge in [-0.3, -0.25) is 0 Å². The molecule has 0 radical (unpaired) electrons. The first-order valence-corrected chi connectivity index (χ1v) is 8.15. The molecule has 0 unspecified atom stereocenters. The van der Waals surface area contributed by atoms with Gasteiger partial charge in [0, 0.05) is 0 Å². The smallest absolute Gasteiger partial charge is 0.116 e. The average molecular weight is 310 g/mol. The van der Waals surface area contributed by atoms with Gasteiger partial charge in [0.1, 0.15) is 17.2 Å². The van der Waals surface area contributed by atoms with Crippen molar-refractivity contribution in [3.8, 4) is 17.2 Å². The van der Waals surface area contributed by atoms with E-state index in [2.05, 4.69) is 0 Å². The summed E-state index contributed by atoms with van der Waals surface area (Å²) in [7, 11) is -0.975. The maximum atomic E-state index is 9.78. The van der Waals surface area contributed by atoms with Crippen molar-refractivity contribution in [2.75, 3.05) is 0 Å². The zero-order valence-corrected chi connectivity index (χ0v) is 12.6. The van der Waals surface area contributed by atoms with Gasteiger partial charge in [0.15, 0.2) is 0 Å². The van der Waals surface area contributed by atoms with Gasteiger partial charge >= 0.3 is 0 Å². The van der Waals surface area contributed by atoms with Crippen LogP contribution in [0.15, 0.2) is 72.8 Å². The third-order valence-corrected chi connectivity index (χ3v) is 5.65. The highest BCUT2D eigenvalue weighted by Gasteiger charge is 2.17. The van der Waals surface area contributed by atoms with Crippen LogP contribution in [0.1, 0.15) is 0 Å². The molecular formula is C18H15O3P. The van der Waals surface area contributed by atoms with Gasteiger partial charge in [-0.15, -0.1) is 0 Å². The molecule has 0 aliphatic rings. The van der Waals surface area contributed by atoms with Crippen molar-refractivity contribution < 1.29 is 15.3 Å². The zero-order chi connectivity index (χ0) is 15.5. The third kappa shape index (κ3) is 3.05. The molecular weight excluding hydrogens is 295 g/mol. The number of aromatic hydroxyl groups is 3. The van der Waals surface area contributed by atoms with Crippen LogP contribution in [0, 0.1) is 0 Å². The Morgan fingerprint density at radius 3 is 1.09 bits per heavy atom. The molecule has 0 amide bonds. The van der Waals surface area contributed by atoms with E-state index >= 15 is 0 Å². The van der Waals surface area contributed by atoms with Gasteiger partial charge in [-0.1, -0.05) is 36.4 Å². The molecule has 0 bridgehead atoms. The maximum absolute atomic E-state index is 9.78. The van der Waals surface area contributed by atoms with Gasteiger partial charge in [-0.05, 0) is 60.2 Å². The van der Waals surface area contributed by atoms with E-state index in [4.69, 9.17) is 0 Å².